The second-order valence-electron chi connectivity index (χ2n) is 6.71. The van der Waals surface area contributed by atoms with Crippen molar-refractivity contribution in [1.82, 2.24) is 14.5 Å². The van der Waals surface area contributed by atoms with Gasteiger partial charge in [-0.3, -0.25) is 9.59 Å². The van der Waals surface area contributed by atoms with Crippen molar-refractivity contribution in [3.63, 3.8) is 0 Å². The van der Waals surface area contributed by atoms with Crippen LogP contribution in [0.2, 0.25) is 0 Å². The van der Waals surface area contributed by atoms with Crippen LogP contribution in [0.15, 0.2) is 30.3 Å². The van der Waals surface area contributed by atoms with Crippen LogP contribution in [0, 0.1) is 0 Å². The van der Waals surface area contributed by atoms with Crippen LogP contribution in [0.1, 0.15) is 23.2 Å². The number of nitrogens with zero attached hydrogens (tertiary/aromatic N) is 2. The summed E-state index contributed by atoms with van der Waals surface area (Å²) in [4.78, 5) is 26.1. The van der Waals surface area contributed by atoms with Crippen molar-refractivity contribution in [3.8, 4) is 0 Å². The molecule has 1 aromatic carbocycles. The van der Waals surface area contributed by atoms with Gasteiger partial charge in [-0.2, -0.15) is 4.31 Å². The predicted molar refractivity (Wildman–Crippen MR) is 99.7 cm³/mol. The molecule has 2 aliphatic heterocycles. The van der Waals surface area contributed by atoms with Crippen LogP contribution in [0.3, 0.4) is 0 Å². The summed E-state index contributed by atoms with van der Waals surface area (Å²) in [5, 5.41) is 2.01. The summed E-state index contributed by atoms with van der Waals surface area (Å²) >= 11 is 0. The van der Waals surface area contributed by atoms with Crippen LogP contribution in [0.5, 0.6) is 0 Å². The van der Waals surface area contributed by atoms with Crippen molar-refractivity contribution in [2.24, 2.45) is 0 Å². The molecule has 148 valence electrons. The minimum Gasteiger partial charge on any atom is -0.379 e. The first-order valence-electron chi connectivity index (χ1n) is 9.16. The van der Waals surface area contributed by atoms with E-state index in [0.717, 1.165) is 0 Å². The summed E-state index contributed by atoms with van der Waals surface area (Å²) in [6.07, 6.45) is 1.17. The van der Waals surface area contributed by atoms with E-state index in [1.54, 1.807) is 24.3 Å². The predicted octanol–water partition coefficient (Wildman–Crippen LogP) is 0.0694. The van der Waals surface area contributed by atoms with Gasteiger partial charge in [0.1, 0.15) is 0 Å². The lowest BCUT2D eigenvalue weighted by atomic mass is 10.1. The molecule has 2 saturated heterocycles. The highest BCUT2D eigenvalue weighted by Crippen LogP contribution is 2.21. The van der Waals surface area contributed by atoms with E-state index in [1.807, 2.05) is 6.07 Å². The number of sulfonamides is 1. The Labute approximate surface area is 159 Å². The minimum atomic E-state index is -3.45. The molecule has 0 aliphatic carbocycles. The van der Waals surface area contributed by atoms with Gasteiger partial charge in [0.15, 0.2) is 0 Å². The molecule has 27 heavy (non-hydrogen) atoms. The largest absolute Gasteiger partial charge is 0.379 e. The summed E-state index contributed by atoms with van der Waals surface area (Å²) in [6, 6.07) is 8.66. The zero-order valence-electron chi connectivity index (χ0n) is 15.2. The molecule has 0 aromatic heterocycles. The Kier molecular flexibility index (Phi) is 6.46. The Morgan fingerprint density at radius 1 is 1.11 bits per heavy atom. The van der Waals surface area contributed by atoms with E-state index in [4.69, 9.17) is 4.74 Å². The Bertz CT molecular complexity index is 762. The number of hydrogen-bond acceptors (Lipinski definition) is 5. The van der Waals surface area contributed by atoms with Gasteiger partial charge in [-0.15, -0.1) is 0 Å². The number of benzene rings is 1. The molecule has 3 rings (SSSR count). The second-order valence-corrected chi connectivity index (χ2v) is 8.92. The first kappa shape index (κ1) is 19.8. The first-order chi connectivity index (χ1) is 13.0. The summed E-state index contributed by atoms with van der Waals surface area (Å²) in [5.74, 6) is -0.584. The summed E-state index contributed by atoms with van der Waals surface area (Å²) < 4.78 is 32.3. The van der Waals surface area contributed by atoms with E-state index in [-0.39, 0.29) is 24.9 Å². The maximum absolute atomic E-state index is 12.8. The normalized spacial score (nSPS) is 21.6. The molecule has 2 fully saturated rings. The van der Waals surface area contributed by atoms with Gasteiger partial charge in [-0.05, 0) is 25.0 Å². The standard InChI is InChI=1S/C18H25N3O5S/c22-17(13-19-18(23)15-5-2-1-3-6-15)20-8-4-7-16(14-20)27(24,25)21-9-11-26-12-10-21/h1-3,5-6,16H,4,7-14H2,(H,19,23)/t16-/m1/s1. The van der Waals surface area contributed by atoms with Crippen molar-refractivity contribution >= 4 is 21.8 Å². The molecule has 2 amide bonds. The van der Waals surface area contributed by atoms with Crippen LogP contribution < -0.4 is 5.32 Å². The lowest BCUT2D eigenvalue weighted by Crippen LogP contribution is -2.53. The fourth-order valence-corrected chi connectivity index (χ4v) is 5.29. The highest BCUT2D eigenvalue weighted by atomic mass is 32.2. The number of carbonyl (C=O) groups excluding carboxylic acids is 2. The Balaban J connectivity index is 1.55. The smallest absolute Gasteiger partial charge is 0.251 e. The van der Waals surface area contributed by atoms with E-state index in [0.29, 0.717) is 51.3 Å². The number of piperidine rings is 1. The Morgan fingerprint density at radius 2 is 1.81 bits per heavy atom. The SMILES string of the molecule is O=C(NCC(=O)N1CCC[C@@H](S(=O)(=O)N2CCOCC2)C1)c1ccccc1. The third kappa shape index (κ3) is 4.85. The van der Waals surface area contributed by atoms with Crippen LogP contribution in [0.4, 0.5) is 0 Å². The van der Waals surface area contributed by atoms with Crippen molar-refractivity contribution in [1.29, 1.82) is 0 Å². The van der Waals surface area contributed by atoms with Crippen LogP contribution in [-0.2, 0) is 19.6 Å². The van der Waals surface area contributed by atoms with Crippen molar-refractivity contribution in [2.75, 3.05) is 45.9 Å². The molecule has 0 bridgehead atoms. The zero-order valence-corrected chi connectivity index (χ0v) is 16.0. The quantitative estimate of drug-likeness (QED) is 0.761. The van der Waals surface area contributed by atoms with Gasteiger partial charge in [-0.25, -0.2) is 8.42 Å². The van der Waals surface area contributed by atoms with E-state index < -0.39 is 15.3 Å². The van der Waals surface area contributed by atoms with E-state index in [9.17, 15) is 18.0 Å². The molecule has 0 unspecified atom stereocenters. The maximum Gasteiger partial charge on any atom is 0.251 e. The van der Waals surface area contributed by atoms with Crippen molar-refractivity contribution < 1.29 is 22.7 Å². The number of carbonyl (C=O) groups is 2. The van der Waals surface area contributed by atoms with E-state index in [2.05, 4.69) is 5.32 Å². The van der Waals surface area contributed by atoms with Gasteiger partial charge in [0.2, 0.25) is 15.9 Å². The second kappa shape index (κ2) is 8.81. The number of rotatable bonds is 5. The summed E-state index contributed by atoms with van der Waals surface area (Å²) in [6.45, 7) is 2.06. The van der Waals surface area contributed by atoms with Gasteiger partial charge in [0, 0.05) is 31.7 Å². The number of likely N-dealkylation sites (tertiary alicyclic amines) is 1. The molecule has 0 saturated carbocycles. The van der Waals surface area contributed by atoms with Crippen LogP contribution in [-0.4, -0.2) is 80.6 Å². The van der Waals surface area contributed by atoms with Gasteiger partial charge in [0.25, 0.3) is 5.91 Å². The molecule has 9 heteroatoms. The molecule has 8 nitrogen and oxygen atoms in total. The highest BCUT2D eigenvalue weighted by Gasteiger charge is 2.37. The monoisotopic (exact) mass is 395 g/mol. The molecule has 2 aliphatic rings. The van der Waals surface area contributed by atoms with Crippen molar-refractivity contribution in [3.05, 3.63) is 35.9 Å². The van der Waals surface area contributed by atoms with Gasteiger partial charge in [0.05, 0.1) is 25.0 Å². The topological polar surface area (TPSA) is 96.0 Å². The van der Waals surface area contributed by atoms with Crippen LogP contribution in [0.25, 0.3) is 0 Å². The fourth-order valence-electron chi connectivity index (χ4n) is 3.38. The molecule has 1 atom stereocenters. The zero-order chi connectivity index (χ0) is 19.3. The highest BCUT2D eigenvalue weighted by molar-refractivity contribution is 7.89. The third-order valence-electron chi connectivity index (χ3n) is 4.92. The molecular weight excluding hydrogens is 370 g/mol. The number of nitrogens with one attached hydrogen (secondary N) is 1. The van der Waals surface area contributed by atoms with E-state index >= 15 is 0 Å². The molecular formula is C18H25N3O5S. The lowest BCUT2D eigenvalue weighted by molar-refractivity contribution is -0.130. The third-order valence-corrected chi connectivity index (χ3v) is 7.23. The number of ether oxygens (including phenoxy) is 1. The van der Waals surface area contributed by atoms with Gasteiger partial charge in [-0.1, -0.05) is 18.2 Å². The maximum atomic E-state index is 12.8. The average Bonchev–Trinajstić information content (AvgIpc) is 2.73. The fraction of sp³-hybridized carbons (Fsp3) is 0.556. The molecule has 0 radical (unpaired) electrons. The molecule has 0 spiro atoms. The summed E-state index contributed by atoms with van der Waals surface area (Å²) in [5.41, 5.74) is 0.483. The van der Waals surface area contributed by atoms with Crippen LogP contribution >= 0.6 is 0 Å². The Morgan fingerprint density at radius 3 is 2.52 bits per heavy atom. The molecule has 1 N–H and O–H groups in total. The van der Waals surface area contributed by atoms with Gasteiger partial charge < -0.3 is 15.0 Å². The molecule has 1 aromatic rings. The lowest BCUT2D eigenvalue weighted by Gasteiger charge is -2.36. The summed E-state index contributed by atoms with van der Waals surface area (Å²) in [7, 11) is -3.45. The first-order valence-corrected chi connectivity index (χ1v) is 10.7. The minimum absolute atomic E-state index is 0.141. The number of hydrogen-bond donors (Lipinski definition) is 1. The Hall–Kier alpha value is -1.97. The van der Waals surface area contributed by atoms with Crippen molar-refractivity contribution in [2.45, 2.75) is 18.1 Å². The van der Waals surface area contributed by atoms with Gasteiger partial charge >= 0.3 is 0 Å². The number of amides is 2. The number of morpholine rings is 1. The van der Waals surface area contributed by atoms with E-state index in [1.165, 1.54) is 9.21 Å². The molecule has 2 heterocycles. The average molecular weight is 395 g/mol.